The van der Waals surface area contributed by atoms with Crippen LogP contribution in [0.1, 0.15) is 6.92 Å². The van der Waals surface area contributed by atoms with Gasteiger partial charge in [-0.1, -0.05) is 6.58 Å². The molecule has 0 aromatic carbocycles. The van der Waals surface area contributed by atoms with Crippen LogP contribution in [0.4, 0.5) is 0 Å². The topological polar surface area (TPSA) is 58.6 Å². The quantitative estimate of drug-likeness (QED) is 0.508. The lowest BCUT2D eigenvalue weighted by molar-refractivity contribution is -0.154. The highest BCUT2D eigenvalue weighted by Gasteiger charge is 2.31. The lowest BCUT2D eigenvalue weighted by atomic mass is 10.2. The van der Waals surface area contributed by atoms with E-state index in [4.69, 9.17) is 4.74 Å². The molecule has 0 aromatic heterocycles. The summed E-state index contributed by atoms with van der Waals surface area (Å²) >= 11 is 0. The second kappa shape index (κ2) is 5.50. The third-order valence-electron chi connectivity index (χ3n) is 2.26. The molecule has 1 N–H and O–H groups in total. The molecular weight excluding hydrogens is 196 g/mol. The van der Waals surface area contributed by atoms with E-state index in [0.717, 1.165) is 0 Å². The smallest absolute Gasteiger partial charge is 0.330 e. The van der Waals surface area contributed by atoms with Crippen molar-refractivity contribution in [1.82, 2.24) is 10.2 Å². The first-order valence-electron chi connectivity index (χ1n) is 5.01. The van der Waals surface area contributed by atoms with Crippen molar-refractivity contribution < 1.29 is 14.3 Å². The molecule has 84 valence electrons. The monoisotopic (exact) mass is 212 g/mol. The molecular formula is C10H16N2O3. The Balaban J connectivity index is 2.69. The normalized spacial score (nSPS) is 20.9. The summed E-state index contributed by atoms with van der Waals surface area (Å²) < 4.78 is 4.90. The van der Waals surface area contributed by atoms with Crippen molar-refractivity contribution in [3.05, 3.63) is 12.7 Å². The standard InChI is InChI=1S/C10H16N2O3/c1-3-9(13)12-6-5-11-7-8(12)10(14)15-4-2/h3,8,11H,1,4-7H2,2H3. The van der Waals surface area contributed by atoms with Crippen LogP contribution >= 0.6 is 0 Å². The Morgan fingerprint density at radius 2 is 2.40 bits per heavy atom. The number of amides is 1. The number of nitrogens with zero attached hydrogens (tertiary/aromatic N) is 1. The zero-order valence-corrected chi connectivity index (χ0v) is 8.86. The van der Waals surface area contributed by atoms with Gasteiger partial charge in [-0.15, -0.1) is 0 Å². The van der Waals surface area contributed by atoms with Gasteiger partial charge in [0.05, 0.1) is 6.61 Å². The molecule has 1 rings (SSSR count). The highest BCUT2D eigenvalue weighted by molar-refractivity contribution is 5.91. The van der Waals surface area contributed by atoms with Crippen molar-refractivity contribution in [3.63, 3.8) is 0 Å². The van der Waals surface area contributed by atoms with E-state index in [1.54, 1.807) is 6.92 Å². The number of piperazine rings is 1. The molecule has 0 aromatic rings. The average molecular weight is 212 g/mol. The Bertz CT molecular complexity index is 265. The van der Waals surface area contributed by atoms with Gasteiger partial charge in [0.2, 0.25) is 5.91 Å². The third kappa shape index (κ3) is 2.79. The molecule has 0 spiro atoms. The first-order chi connectivity index (χ1) is 7.20. The summed E-state index contributed by atoms with van der Waals surface area (Å²) in [4.78, 5) is 24.5. The molecule has 5 heteroatoms. The zero-order chi connectivity index (χ0) is 11.3. The van der Waals surface area contributed by atoms with Crippen LogP contribution in [-0.4, -0.2) is 49.1 Å². The second-order valence-corrected chi connectivity index (χ2v) is 3.21. The SMILES string of the molecule is C=CC(=O)N1CCNCC1C(=O)OCC. The predicted octanol–water partition coefficient (Wildman–Crippen LogP) is -0.464. The van der Waals surface area contributed by atoms with Gasteiger partial charge in [0.1, 0.15) is 6.04 Å². The highest BCUT2D eigenvalue weighted by atomic mass is 16.5. The Kier molecular flexibility index (Phi) is 4.30. The Hall–Kier alpha value is -1.36. The molecule has 1 aliphatic rings. The van der Waals surface area contributed by atoms with Gasteiger partial charge in [0.25, 0.3) is 0 Å². The first kappa shape index (κ1) is 11.7. The number of ether oxygens (including phenoxy) is 1. The van der Waals surface area contributed by atoms with E-state index in [0.29, 0.717) is 26.2 Å². The summed E-state index contributed by atoms with van der Waals surface area (Å²) in [6.45, 7) is 7.12. The molecule has 1 aliphatic heterocycles. The first-order valence-corrected chi connectivity index (χ1v) is 5.01. The van der Waals surface area contributed by atoms with Crippen LogP contribution in [0.2, 0.25) is 0 Å². The van der Waals surface area contributed by atoms with E-state index in [1.165, 1.54) is 11.0 Å². The van der Waals surface area contributed by atoms with E-state index < -0.39 is 6.04 Å². The average Bonchev–Trinajstić information content (AvgIpc) is 2.28. The van der Waals surface area contributed by atoms with Crippen molar-refractivity contribution in [2.24, 2.45) is 0 Å². The third-order valence-corrected chi connectivity index (χ3v) is 2.26. The molecule has 0 radical (unpaired) electrons. The number of hydrogen-bond acceptors (Lipinski definition) is 4. The molecule has 0 aliphatic carbocycles. The molecule has 0 bridgehead atoms. The molecule has 1 unspecified atom stereocenters. The molecule has 1 amide bonds. The minimum Gasteiger partial charge on any atom is -0.464 e. The molecule has 1 atom stereocenters. The van der Waals surface area contributed by atoms with Crippen LogP contribution in [0, 0.1) is 0 Å². The maximum absolute atomic E-state index is 11.5. The number of nitrogens with one attached hydrogen (secondary N) is 1. The van der Waals surface area contributed by atoms with Crippen molar-refractivity contribution in [2.75, 3.05) is 26.2 Å². The van der Waals surface area contributed by atoms with Gasteiger partial charge >= 0.3 is 5.97 Å². The van der Waals surface area contributed by atoms with Crippen LogP contribution in [0.25, 0.3) is 0 Å². The zero-order valence-electron chi connectivity index (χ0n) is 8.86. The van der Waals surface area contributed by atoms with Gasteiger partial charge in [-0.3, -0.25) is 4.79 Å². The fourth-order valence-electron chi connectivity index (χ4n) is 1.53. The van der Waals surface area contributed by atoms with Gasteiger partial charge in [0, 0.05) is 19.6 Å². The molecule has 0 saturated carbocycles. The van der Waals surface area contributed by atoms with Crippen LogP contribution in [-0.2, 0) is 14.3 Å². The van der Waals surface area contributed by atoms with Crippen molar-refractivity contribution in [2.45, 2.75) is 13.0 Å². The van der Waals surface area contributed by atoms with Gasteiger partial charge in [-0.2, -0.15) is 0 Å². The van der Waals surface area contributed by atoms with Crippen molar-refractivity contribution in [1.29, 1.82) is 0 Å². The maximum Gasteiger partial charge on any atom is 0.330 e. The predicted molar refractivity (Wildman–Crippen MR) is 55.2 cm³/mol. The molecule has 1 saturated heterocycles. The summed E-state index contributed by atoms with van der Waals surface area (Å²) in [5, 5.41) is 3.05. The molecule has 5 nitrogen and oxygen atoms in total. The minimum atomic E-state index is -0.524. The molecule has 15 heavy (non-hydrogen) atoms. The number of hydrogen-bond donors (Lipinski definition) is 1. The molecule has 1 fully saturated rings. The maximum atomic E-state index is 11.5. The summed E-state index contributed by atoms with van der Waals surface area (Å²) in [6, 6.07) is -0.524. The van der Waals surface area contributed by atoms with Crippen LogP contribution in [0.3, 0.4) is 0 Å². The Labute approximate surface area is 89.1 Å². The van der Waals surface area contributed by atoms with Gasteiger partial charge < -0.3 is 15.0 Å². The van der Waals surface area contributed by atoms with E-state index in [9.17, 15) is 9.59 Å². The number of carbonyl (C=O) groups excluding carboxylic acids is 2. The van der Waals surface area contributed by atoms with Gasteiger partial charge in [-0.05, 0) is 13.0 Å². The Morgan fingerprint density at radius 3 is 3.00 bits per heavy atom. The summed E-state index contributed by atoms with van der Waals surface area (Å²) in [5.41, 5.74) is 0. The lowest BCUT2D eigenvalue weighted by Gasteiger charge is -2.33. The van der Waals surface area contributed by atoms with Crippen molar-refractivity contribution >= 4 is 11.9 Å². The van der Waals surface area contributed by atoms with E-state index in [1.807, 2.05) is 0 Å². The number of esters is 1. The van der Waals surface area contributed by atoms with Gasteiger partial charge in [0.15, 0.2) is 0 Å². The summed E-state index contributed by atoms with van der Waals surface area (Å²) in [6.07, 6.45) is 1.22. The van der Waals surface area contributed by atoms with Crippen LogP contribution < -0.4 is 5.32 Å². The highest BCUT2D eigenvalue weighted by Crippen LogP contribution is 2.06. The summed E-state index contributed by atoms with van der Waals surface area (Å²) in [7, 11) is 0. The van der Waals surface area contributed by atoms with Crippen molar-refractivity contribution in [3.8, 4) is 0 Å². The molecule has 1 heterocycles. The number of rotatable bonds is 3. The van der Waals surface area contributed by atoms with Crippen LogP contribution in [0.15, 0.2) is 12.7 Å². The lowest BCUT2D eigenvalue weighted by Crippen LogP contribution is -2.57. The Morgan fingerprint density at radius 1 is 1.67 bits per heavy atom. The largest absolute Gasteiger partial charge is 0.464 e. The van der Waals surface area contributed by atoms with E-state index in [-0.39, 0.29) is 11.9 Å². The second-order valence-electron chi connectivity index (χ2n) is 3.21. The summed E-state index contributed by atoms with van der Waals surface area (Å²) in [5.74, 6) is -0.588. The number of carbonyl (C=O) groups is 2. The van der Waals surface area contributed by atoms with Gasteiger partial charge in [-0.25, -0.2) is 4.79 Å². The van der Waals surface area contributed by atoms with E-state index >= 15 is 0 Å². The fourth-order valence-corrected chi connectivity index (χ4v) is 1.53. The van der Waals surface area contributed by atoms with Crippen LogP contribution in [0.5, 0.6) is 0 Å². The van der Waals surface area contributed by atoms with E-state index in [2.05, 4.69) is 11.9 Å². The minimum absolute atomic E-state index is 0.227. The fraction of sp³-hybridized carbons (Fsp3) is 0.600.